The zero-order valence-electron chi connectivity index (χ0n) is 10.6. The molecule has 1 fully saturated rings. The van der Waals surface area contributed by atoms with Gasteiger partial charge in [0.2, 0.25) is 5.91 Å². The van der Waals surface area contributed by atoms with Gasteiger partial charge in [0.05, 0.1) is 0 Å². The van der Waals surface area contributed by atoms with Crippen molar-refractivity contribution in [3.8, 4) is 0 Å². The fraction of sp³-hybridized carbons (Fsp3) is 0.188. The molecule has 3 heteroatoms. The molecule has 19 heavy (non-hydrogen) atoms. The van der Waals surface area contributed by atoms with Crippen LogP contribution >= 0.6 is 11.3 Å². The number of carbonyl (C=O) groups excluding carboxylic acids is 1. The zero-order chi connectivity index (χ0) is 13.1. The molecule has 0 radical (unpaired) electrons. The molecule has 1 aliphatic heterocycles. The minimum atomic E-state index is 0.227. The predicted molar refractivity (Wildman–Crippen MR) is 78.8 cm³/mol. The summed E-state index contributed by atoms with van der Waals surface area (Å²) in [5, 5.41) is 2.07. The molecule has 0 spiro atoms. The number of rotatable bonds is 3. The summed E-state index contributed by atoms with van der Waals surface area (Å²) >= 11 is 1.70. The van der Waals surface area contributed by atoms with Gasteiger partial charge in [0, 0.05) is 29.6 Å². The summed E-state index contributed by atoms with van der Waals surface area (Å²) < 4.78 is 0. The summed E-state index contributed by atoms with van der Waals surface area (Å²) in [4.78, 5) is 14.8. The van der Waals surface area contributed by atoms with Gasteiger partial charge in [0.1, 0.15) is 0 Å². The van der Waals surface area contributed by atoms with Crippen LogP contribution in [0.25, 0.3) is 5.57 Å². The standard InChI is InChI=1S/C16H15NOS/c18-16-9-4-10-17(16)12-14(15-8-5-11-19-15)13-6-2-1-3-7-13/h1-3,5-8,11-12H,4,9-10H2/b14-12-. The van der Waals surface area contributed by atoms with Crippen LogP contribution in [0.1, 0.15) is 23.3 Å². The maximum Gasteiger partial charge on any atom is 0.226 e. The molecular formula is C16H15NOS. The van der Waals surface area contributed by atoms with Gasteiger partial charge in [0.25, 0.3) is 0 Å². The Balaban J connectivity index is 2.02. The number of hydrogen-bond acceptors (Lipinski definition) is 2. The van der Waals surface area contributed by atoms with E-state index in [1.165, 1.54) is 4.88 Å². The zero-order valence-corrected chi connectivity index (χ0v) is 11.4. The lowest BCUT2D eigenvalue weighted by molar-refractivity contribution is -0.125. The van der Waals surface area contributed by atoms with Gasteiger partial charge in [-0.2, -0.15) is 0 Å². The molecule has 3 rings (SSSR count). The van der Waals surface area contributed by atoms with Crippen LogP contribution in [0.3, 0.4) is 0 Å². The molecule has 1 aromatic carbocycles. The Bertz CT molecular complexity index is 586. The van der Waals surface area contributed by atoms with Crippen molar-refractivity contribution < 1.29 is 4.79 Å². The van der Waals surface area contributed by atoms with E-state index >= 15 is 0 Å². The molecule has 1 aliphatic rings. The van der Waals surface area contributed by atoms with Gasteiger partial charge in [-0.05, 0) is 23.4 Å². The van der Waals surface area contributed by atoms with E-state index in [1.807, 2.05) is 35.4 Å². The fourth-order valence-corrected chi connectivity index (χ4v) is 3.05. The van der Waals surface area contributed by atoms with E-state index in [4.69, 9.17) is 0 Å². The minimum absolute atomic E-state index is 0.227. The molecule has 2 aromatic rings. The fourth-order valence-electron chi connectivity index (χ4n) is 2.29. The lowest BCUT2D eigenvalue weighted by Crippen LogP contribution is -2.18. The first-order valence-electron chi connectivity index (χ1n) is 6.45. The maximum absolute atomic E-state index is 11.8. The predicted octanol–water partition coefficient (Wildman–Crippen LogP) is 3.76. The number of benzene rings is 1. The number of thiophene rings is 1. The van der Waals surface area contributed by atoms with Crippen LogP contribution in [0, 0.1) is 0 Å². The van der Waals surface area contributed by atoms with Gasteiger partial charge in [-0.1, -0.05) is 36.4 Å². The Labute approximate surface area is 117 Å². The van der Waals surface area contributed by atoms with E-state index in [9.17, 15) is 4.79 Å². The smallest absolute Gasteiger partial charge is 0.226 e. The Morgan fingerprint density at radius 2 is 2.00 bits per heavy atom. The van der Waals surface area contributed by atoms with Crippen molar-refractivity contribution in [3.05, 3.63) is 64.5 Å². The Morgan fingerprint density at radius 3 is 2.63 bits per heavy atom. The third-order valence-corrected chi connectivity index (χ3v) is 4.17. The van der Waals surface area contributed by atoms with Crippen LogP contribution in [0.4, 0.5) is 0 Å². The molecule has 2 nitrogen and oxygen atoms in total. The van der Waals surface area contributed by atoms with Crippen molar-refractivity contribution in [1.82, 2.24) is 4.90 Å². The number of amides is 1. The number of carbonyl (C=O) groups is 1. The lowest BCUT2D eigenvalue weighted by Gasteiger charge is -2.13. The highest BCUT2D eigenvalue weighted by molar-refractivity contribution is 7.11. The minimum Gasteiger partial charge on any atom is -0.318 e. The largest absolute Gasteiger partial charge is 0.318 e. The first-order chi connectivity index (χ1) is 9.34. The number of nitrogens with zero attached hydrogens (tertiary/aromatic N) is 1. The second kappa shape index (κ2) is 5.41. The van der Waals surface area contributed by atoms with Gasteiger partial charge in [-0.15, -0.1) is 11.3 Å². The molecular weight excluding hydrogens is 254 g/mol. The van der Waals surface area contributed by atoms with Gasteiger partial charge < -0.3 is 4.90 Å². The van der Waals surface area contributed by atoms with Gasteiger partial charge in [0.15, 0.2) is 0 Å². The molecule has 1 saturated heterocycles. The molecule has 0 unspecified atom stereocenters. The SMILES string of the molecule is O=C1CCCN1/C=C(/c1ccccc1)c1cccs1. The van der Waals surface area contributed by atoms with E-state index < -0.39 is 0 Å². The van der Waals surface area contributed by atoms with Crippen LogP contribution in [-0.4, -0.2) is 17.4 Å². The third kappa shape index (κ3) is 2.61. The first-order valence-corrected chi connectivity index (χ1v) is 7.33. The van der Waals surface area contributed by atoms with Crippen molar-refractivity contribution in [2.45, 2.75) is 12.8 Å². The van der Waals surface area contributed by atoms with Crippen LogP contribution in [0.5, 0.6) is 0 Å². The second-order valence-electron chi connectivity index (χ2n) is 4.58. The quantitative estimate of drug-likeness (QED) is 0.830. The molecule has 0 aliphatic carbocycles. The van der Waals surface area contributed by atoms with E-state index in [1.54, 1.807) is 11.3 Å². The van der Waals surface area contributed by atoms with Crippen LogP contribution in [0.2, 0.25) is 0 Å². The average Bonchev–Trinajstić information content (AvgIpc) is 3.09. The van der Waals surface area contributed by atoms with Crippen LogP contribution in [0.15, 0.2) is 54.0 Å². The molecule has 1 amide bonds. The van der Waals surface area contributed by atoms with Crippen molar-refractivity contribution in [2.24, 2.45) is 0 Å². The molecule has 96 valence electrons. The molecule has 0 bridgehead atoms. The molecule has 0 N–H and O–H groups in total. The molecule has 0 atom stereocenters. The van der Waals surface area contributed by atoms with Crippen LogP contribution < -0.4 is 0 Å². The summed E-state index contributed by atoms with van der Waals surface area (Å²) in [6, 6.07) is 14.4. The normalized spacial score (nSPS) is 16.1. The van der Waals surface area contributed by atoms with Crippen LogP contribution in [-0.2, 0) is 4.79 Å². The third-order valence-electron chi connectivity index (χ3n) is 3.27. The second-order valence-corrected chi connectivity index (χ2v) is 5.52. The van der Waals surface area contributed by atoms with E-state index in [0.717, 1.165) is 24.1 Å². The Morgan fingerprint density at radius 1 is 1.16 bits per heavy atom. The summed E-state index contributed by atoms with van der Waals surface area (Å²) in [7, 11) is 0. The monoisotopic (exact) mass is 269 g/mol. The van der Waals surface area contributed by atoms with Gasteiger partial charge in [-0.25, -0.2) is 0 Å². The Hall–Kier alpha value is -1.87. The van der Waals surface area contributed by atoms with E-state index in [-0.39, 0.29) is 5.91 Å². The first kappa shape index (κ1) is 12.2. The van der Waals surface area contributed by atoms with Crippen molar-refractivity contribution in [3.63, 3.8) is 0 Å². The average molecular weight is 269 g/mol. The van der Waals surface area contributed by atoms with E-state index in [0.29, 0.717) is 6.42 Å². The van der Waals surface area contributed by atoms with E-state index in [2.05, 4.69) is 23.6 Å². The summed E-state index contributed by atoms with van der Waals surface area (Å²) in [5.74, 6) is 0.227. The summed E-state index contributed by atoms with van der Waals surface area (Å²) in [5.41, 5.74) is 2.29. The maximum atomic E-state index is 11.8. The summed E-state index contributed by atoms with van der Waals surface area (Å²) in [6.45, 7) is 0.834. The van der Waals surface area contributed by atoms with Crippen molar-refractivity contribution >= 4 is 22.8 Å². The highest BCUT2D eigenvalue weighted by Gasteiger charge is 2.19. The molecule has 1 aromatic heterocycles. The lowest BCUT2D eigenvalue weighted by atomic mass is 10.1. The topological polar surface area (TPSA) is 20.3 Å². The highest BCUT2D eigenvalue weighted by Crippen LogP contribution is 2.28. The highest BCUT2D eigenvalue weighted by atomic mass is 32.1. The Kier molecular flexibility index (Phi) is 3.47. The van der Waals surface area contributed by atoms with Crippen molar-refractivity contribution in [2.75, 3.05) is 6.54 Å². The molecule has 2 heterocycles. The van der Waals surface area contributed by atoms with Gasteiger partial charge >= 0.3 is 0 Å². The molecule has 0 saturated carbocycles. The van der Waals surface area contributed by atoms with Gasteiger partial charge in [-0.3, -0.25) is 4.79 Å². The number of likely N-dealkylation sites (tertiary alicyclic amines) is 1. The van der Waals surface area contributed by atoms with Crippen molar-refractivity contribution in [1.29, 1.82) is 0 Å². The summed E-state index contributed by atoms with van der Waals surface area (Å²) in [6.07, 6.45) is 3.64. The number of hydrogen-bond donors (Lipinski definition) is 0.